The number of carbonyl (C=O) groups excluding carboxylic acids is 2. The van der Waals surface area contributed by atoms with Gasteiger partial charge in [0.25, 0.3) is 0 Å². The molecule has 1 atom stereocenters. The highest BCUT2D eigenvalue weighted by Crippen LogP contribution is 2.30. The van der Waals surface area contributed by atoms with Crippen LogP contribution in [0.2, 0.25) is 0 Å². The van der Waals surface area contributed by atoms with E-state index in [4.69, 9.17) is 11.3 Å². The van der Waals surface area contributed by atoms with E-state index in [1.807, 2.05) is 29.7 Å². The molecule has 5 rings (SSSR count). The number of benzene rings is 1. The van der Waals surface area contributed by atoms with Crippen LogP contribution in [-0.2, 0) is 16.0 Å². The van der Waals surface area contributed by atoms with Crippen molar-refractivity contribution >= 4 is 28.4 Å². The minimum atomic E-state index is -0.0840. The Bertz CT molecular complexity index is 1300. The highest BCUT2D eigenvalue weighted by molar-refractivity contribution is 6.09. The van der Waals surface area contributed by atoms with Crippen LogP contribution in [0.3, 0.4) is 0 Å². The molecule has 0 radical (unpaired) electrons. The number of rotatable bonds is 8. The van der Waals surface area contributed by atoms with Crippen LogP contribution in [0, 0.1) is 13.5 Å². The Labute approximate surface area is 204 Å². The Hall–Kier alpha value is -3.54. The van der Waals surface area contributed by atoms with Crippen LogP contribution in [0.15, 0.2) is 36.5 Å². The average Bonchev–Trinajstić information content (AvgIpc) is 3.65. The number of ketones is 1. The number of likely N-dealkylation sites (tertiary alicyclic amines) is 1. The molecule has 0 aliphatic carbocycles. The number of aromatic nitrogens is 2. The number of ether oxygens (including phenoxy) is 1. The predicted molar refractivity (Wildman–Crippen MR) is 133 cm³/mol. The molecule has 2 aliphatic heterocycles. The van der Waals surface area contributed by atoms with Gasteiger partial charge in [0, 0.05) is 24.1 Å². The van der Waals surface area contributed by atoms with Gasteiger partial charge in [-0.05, 0) is 56.6 Å². The fraction of sp³-hybridized carbons (Fsp3) is 0.407. The highest BCUT2D eigenvalue weighted by Gasteiger charge is 2.25. The van der Waals surface area contributed by atoms with E-state index in [2.05, 4.69) is 20.0 Å². The fourth-order valence-corrected chi connectivity index (χ4v) is 4.82. The number of epoxide rings is 1. The maximum absolute atomic E-state index is 13.5. The van der Waals surface area contributed by atoms with Crippen LogP contribution < -0.4 is 5.32 Å². The van der Waals surface area contributed by atoms with Crippen molar-refractivity contribution in [3.8, 4) is 5.69 Å². The van der Waals surface area contributed by atoms with Crippen LogP contribution in [0.5, 0.6) is 0 Å². The number of carbonyl (C=O) groups is 2. The summed E-state index contributed by atoms with van der Waals surface area (Å²) < 4.78 is 7.17. The monoisotopic (exact) mass is 471 g/mol. The molecule has 35 heavy (non-hydrogen) atoms. The normalized spacial score (nSPS) is 17.8. The molecular formula is C27H29N5O3. The molecule has 0 spiro atoms. The van der Waals surface area contributed by atoms with Gasteiger partial charge in [-0.1, -0.05) is 18.6 Å². The molecule has 0 saturated carbocycles. The zero-order valence-corrected chi connectivity index (χ0v) is 19.9. The molecular weight excluding hydrogens is 442 g/mol. The largest absolute Gasteiger partial charge is 0.371 e. The average molecular weight is 472 g/mol. The maximum atomic E-state index is 13.5. The topological polar surface area (TPSA) is 84.1 Å². The summed E-state index contributed by atoms with van der Waals surface area (Å²) >= 11 is 0. The number of fused-ring (bicyclic) bond motifs is 1. The maximum Gasteiger partial charge on any atom is 0.224 e. The summed E-state index contributed by atoms with van der Waals surface area (Å²) in [6, 6.07) is 9.26. The standard InChI is InChI=1S/C27H29N5O3/c1-18-26(24(33)16-31-10-4-3-5-11-31)27-23(32(18)21-8-6-20(28-2)7-9-21)12-19(14-30-27)13-25(34)29-15-22-17-35-22/h6-9,12,14,22H,3-5,10-11,13,15-17H2,1H3,(H,29,34). The van der Waals surface area contributed by atoms with Crippen molar-refractivity contribution in [1.82, 2.24) is 19.8 Å². The Morgan fingerprint density at radius 2 is 1.94 bits per heavy atom. The van der Waals surface area contributed by atoms with Gasteiger partial charge in [0.1, 0.15) is 0 Å². The first kappa shape index (κ1) is 23.2. The number of nitrogens with one attached hydrogen (secondary N) is 1. The second-order valence-electron chi connectivity index (χ2n) is 9.33. The molecule has 4 heterocycles. The molecule has 0 bridgehead atoms. The van der Waals surface area contributed by atoms with Crippen LogP contribution >= 0.6 is 0 Å². The van der Waals surface area contributed by atoms with Crippen molar-refractivity contribution in [2.75, 3.05) is 32.8 Å². The second kappa shape index (κ2) is 9.98. The molecule has 2 saturated heterocycles. The summed E-state index contributed by atoms with van der Waals surface area (Å²) in [5.41, 5.74) is 5.06. The van der Waals surface area contributed by atoms with E-state index < -0.39 is 0 Å². The summed E-state index contributed by atoms with van der Waals surface area (Å²) in [6.45, 7) is 12.7. The lowest BCUT2D eigenvalue weighted by Gasteiger charge is -2.25. The van der Waals surface area contributed by atoms with Gasteiger partial charge in [0.05, 0.1) is 48.8 Å². The molecule has 1 unspecified atom stereocenters. The van der Waals surface area contributed by atoms with Crippen LogP contribution in [0.1, 0.15) is 40.9 Å². The number of pyridine rings is 1. The van der Waals surface area contributed by atoms with Gasteiger partial charge in [-0.25, -0.2) is 4.85 Å². The van der Waals surface area contributed by atoms with Gasteiger partial charge in [-0.15, -0.1) is 0 Å². The third-order valence-electron chi connectivity index (χ3n) is 6.72. The SMILES string of the molecule is [C-]#[N+]c1ccc(-n2c(C)c(C(=O)CN3CCCCC3)c3ncc(CC(=O)NCC4CO4)cc32)cc1. The second-order valence-corrected chi connectivity index (χ2v) is 9.33. The van der Waals surface area contributed by atoms with Crippen molar-refractivity contribution in [3.05, 3.63) is 64.8 Å². The number of piperidine rings is 1. The van der Waals surface area contributed by atoms with Crippen molar-refractivity contribution in [2.24, 2.45) is 0 Å². The third kappa shape index (κ3) is 5.11. The summed E-state index contributed by atoms with van der Waals surface area (Å²) in [6.07, 6.45) is 5.49. The smallest absolute Gasteiger partial charge is 0.224 e. The molecule has 2 aromatic heterocycles. The first-order valence-corrected chi connectivity index (χ1v) is 12.1. The van der Waals surface area contributed by atoms with Gasteiger partial charge >= 0.3 is 0 Å². The van der Waals surface area contributed by atoms with Crippen molar-refractivity contribution < 1.29 is 14.3 Å². The van der Waals surface area contributed by atoms with Gasteiger partial charge in [0.2, 0.25) is 5.91 Å². The third-order valence-corrected chi connectivity index (χ3v) is 6.72. The van der Waals surface area contributed by atoms with Crippen LogP contribution in [-0.4, -0.2) is 65.0 Å². The Balaban J connectivity index is 1.51. The summed E-state index contributed by atoms with van der Waals surface area (Å²) in [5, 5.41) is 2.89. The first-order chi connectivity index (χ1) is 17.0. The van der Waals surface area contributed by atoms with Gasteiger partial charge in [-0.3, -0.25) is 19.5 Å². The Morgan fingerprint density at radius 3 is 2.63 bits per heavy atom. The quantitative estimate of drug-likeness (QED) is 0.308. The summed E-state index contributed by atoms with van der Waals surface area (Å²) in [7, 11) is 0. The lowest BCUT2D eigenvalue weighted by molar-refractivity contribution is -0.120. The molecule has 180 valence electrons. The minimum Gasteiger partial charge on any atom is -0.371 e. The van der Waals surface area contributed by atoms with Crippen molar-refractivity contribution in [3.63, 3.8) is 0 Å². The van der Waals surface area contributed by atoms with Gasteiger partial charge in [0.15, 0.2) is 11.5 Å². The Morgan fingerprint density at radius 1 is 1.20 bits per heavy atom. The lowest BCUT2D eigenvalue weighted by Crippen LogP contribution is -2.34. The highest BCUT2D eigenvalue weighted by atomic mass is 16.6. The summed E-state index contributed by atoms with van der Waals surface area (Å²) in [4.78, 5) is 36.3. The molecule has 3 aromatic rings. The molecule has 2 fully saturated rings. The minimum absolute atomic E-state index is 0.0633. The Kier molecular flexibility index (Phi) is 6.62. The molecule has 8 heteroatoms. The lowest BCUT2D eigenvalue weighted by atomic mass is 10.1. The molecule has 1 amide bonds. The van der Waals surface area contributed by atoms with Crippen molar-refractivity contribution in [2.45, 2.75) is 38.7 Å². The summed E-state index contributed by atoms with van der Waals surface area (Å²) in [5.74, 6) is -0.0207. The number of hydrogen-bond acceptors (Lipinski definition) is 5. The van der Waals surface area contributed by atoms with Crippen LogP contribution in [0.25, 0.3) is 21.6 Å². The predicted octanol–water partition coefficient (Wildman–Crippen LogP) is 3.61. The van der Waals surface area contributed by atoms with E-state index >= 15 is 0 Å². The van der Waals surface area contributed by atoms with Gasteiger partial charge < -0.3 is 14.6 Å². The number of Topliss-reactive ketones (excluding diaryl/α,β-unsaturated/α-hetero) is 1. The van der Waals surface area contributed by atoms with E-state index in [0.717, 1.165) is 48.4 Å². The zero-order valence-electron chi connectivity index (χ0n) is 19.9. The van der Waals surface area contributed by atoms with E-state index in [1.165, 1.54) is 6.42 Å². The van der Waals surface area contributed by atoms with E-state index in [0.29, 0.717) is 36.5 Å². The number of amides is 1. The fourth-order valence-electron chi connectivity index (χ4n) is 4.82. The van der Waals surface area contributed by atoms with E-state index in [1.54, 1.807) is 18.3 Å². The van der Waals surface area contributed by atoms with E-state index in [-0.39, 0.29) is 24.2 Å². The van der Waals surface area contributed by atoms with Gasteiger partial charge in [-0.2, -0.15) is 0 Å². The van der Waals surface area contributed by atoms with E-state index in [9.17, 15) is 9.59 Å². The molecule has 2 aliphatic rings. The molecule has 1 aromatic carbocycles. The van der Waals surface area contributed by atoms with Crippen LogP contribution in [0.4, 0.5) is 5.69 Å². The number of nitrogens with zero attached hydrogens (tertiary/aromatic N) is 4. The van der Waals surface area contributed by atoms with Crippen molar-refractivity contribution in [1.29, 1.82) is 0 Å². The molecule has 1 N–H and O–H groups in total. The number of hydrogen-bond donors (Lipinski definition) is 1. The molecule has 8 nitrogen and oxygen atoms in total. The zero-order chi connectivity index (χ0) is 24.4. The first-order valence-electron chi connectivity index (χ1n) is 12.1.